The third-order valence-corrected chi connectivity index (χ3v) is 4.48. The van der Waals surface area contributed by atoms with Gasteiger partial charge in [-0.25, -0.2) is 0 Å². The second kappa shape index (κ2) is 6.02. The third kappa shape index (κ3) is 3.29. The molecule has 1 unspecified atom stereocenters. The van der Waals surface area contributed by atoms with Crippen molar-refractivity contribution in [3.8, 4) is 0 Å². The predicted octanol–water partition coefficient (Wildman–Crippen LogP) is 3.92. The summed E-state index contributed by atoms with van der Waals surface area (Å²) in [6.07, 6.45) is -4.61. The van der Waals surface area contributed by atoms with Crippen LogP contribution in [0.15, 0.2) is 42.5 Å². The fourth-order valence-electron chi connectivity index (χ4n) is 2.56. The molecular weight excluding hydrogens is 331 g/mol. The molecule has 25 heavy (non-hydrogen) atoms. The van der Waals surface area contributed by atoms with Crippen LogP contribution in [-0.2, 0) is 11.6 Å². The van der Waals surface area contributed by atoms with Gasteiger partial charge >= 0.3 is 6.18 Å². The number of rotatable bonds is 4. The van der Waals surface area contributed by atoms with Crippen molar-refractivity contribution in [3.63, 3.8) is 0 Å². The smallest absolute Gasteiger partial charge is 0.365 e. The van der Waals surface area contributed by atoms with E-state index in [2.05, 4.69) is 34.5 Å². The number of benzene rings is 1. The molecule has 132 valence electrons. The maximum Gasteiger partial charge on any atom is 0.453 e. The van der Waals surface area contributed by atoms with E-state index >= 15 is 0 Å². The molecule has 3 aromatic rings. The van der Waals surface area contributed by atoms with Crippen LogP contribution in [0.1, 0.15) is 32.2 Å². The van der Waals surface area contributed by atoms with Crippen molar-refractivity contribution in [3.05, 3.63) is 53.9 Å². The van der Waals surface area contributed by atoms with E-state index in [1.807, 2.05) is 37.3 Å². The molecule has 8 heteroatoms. The lowest BCUT2D eigenvalue weighted by Crippen LogP contribution is -2.37. The maximum atomic E-state index is 13.0. The summed E-state index contributed by atoms with van der Waals surface area (Å²) in [5, 5.41) is 13.9. The predicted molar refractivity (Wildman–Crippen MR) is 88.3 cm³/mol. The van der Waals surface area contributed by atoms with Crippen molar-refractivity contribution in [2.45, 2.75) is 38.4 Å². The Bertz CT molecular complexity index is 871. The van der Waals surface area contributed by atoms with Crippen LogP contribution in [-0.4, -0.2) is 25.9 Å². The first kappa shape index (κ1) is 17.2. The lowest BCUT2D eigenvalue weighted by Gasteiger charge is -2.33. The molecule has 0 spiro atoms. The molecule has 5 nitrogen and oxygen atoms in total. The number of alkyl halides is 3. The molecule has 0 fully saturated rings. The van der Waals surface area contributed by atoms with Crippen molar-refractivity contribution in [1.82, 2.24) is 19.8 Å². The molecule has 0 saturated heterocycles. The van der Waals surface area contributed by atoms with Crippen LogP contribution in [0.25, 0.3) is 5.65 Å². The summed E-state index contributed by atoms with van der Waals surface area (Å²) in [5.74, 6) is -0.810. The number of fused-ring (bicyclic) bond motifs is 1. The maximum absolute atomic E-state index is 13.0. The Hall–Kier alpha value is -2.64. The molecular formula is C17H18F3N5. The molecule has 0 radical (unpaired) electrons. The SMILES string of the molecule is CC(Nc1ccc2nnc(C(F)(F)F)n2n1)C(C)(C)c1ccccc1. The first-order valence-corrected chi connectivity index (χ1v) is 7.81. The average Bonchev–Trinajstić information content (AvgIpc) is 2.99. The minimum atomic E-state index is -4.61. The number of nitrogens with zero attached hydrogens (tertiary/aromatic N) is 4. The summed E-state index contributed by atoms with van der Waals surface area (Å²) in [5.41, 5.74) is 0.919. The fourth-order valence-corrected chi connectivity index (χ4v) is 2.56. The Balaban J connectivity index is 1.90. The second-order valence-corrected chi connectivity index (χ2v) is 6.46. The highest BCUT2D eigenvalue weighted by Crippen LogP contribution is 2.30. The Morgan fingerprint density at radius 2 is 1.68 bits per heavy atom. The fraction of sp³-hybridized carbons (Fsp3) is 0.353. The number of hydrogen-bond donors (Lipinski definition) is 1. The van der Waals surface area contributed by atoms with E-state index in [-0.39, 0.29) is 17.1 Å². The van der Waals surface area contributed by atoms with Crippen molar-refractivity contribution in [2.24, 2.45) is 0 Å². The number of hydrogen-bond acceptors (Lipinski definition) is 4. The van der Waals surface area contributed by atoms with E-state index < -0.39 is 12.0 Å². The van der Waals surface area contributed by atoms with Gasteiger partial charge in [0.15, 0.2) is 5.65 Å². The van der Waals surface area contributed by atoms with Gasteiger partial charge in [-0.15, -0.1) is 15.3 Å². The lowest BCUT2D eigenvalue weighted by atomic mass is 9.78. The van der Waals surface area contributed by atoms with Crippen LogP contribution in [0.4, 0.5) is 19.0 Å². The highest BCUT2D eigenvalue weighted by atomic mass is 19.4. The number of halogens is 3. The Morgan fingerprint density at radius 1 is 1.00 bits per heavy atom. The van der Waals surface area contributed by atoms with E-state index in [1.165, 1.54) is 6.07 Å². The van der Waals surface area contributed by atoms with Crippen LogP contribution < -0.4 is 5.32 Å². The van der Waals surface area contributed by atoms with E-state index in [1.54, 1.807) is 6.07 Å². The highest BCUT2D eigenvalue weighted by molar-refractivity contribution is 5.45. The largest absolute Gasteiger partial charge is 0.453 e. The topological polar surface area (TPSA) is 55.1 Å². The van der Waals surface area contributed by atoms with Crippen molar-refractivity contribution in [2.75, 3.05) is 5.32 Å². The average molecular weight is 349 g/mol. The standard InChI is InChI=1S/C17H18F3N5/c1-11(16(2,3)12-7-5-4-6-8-12)21-13-9-10-14-22-23-15(17(18,19)20)25(14)24-13/h4-11H,1-3H3,(H,21,24). The van der Waals surface area contributed by atoms with E-state index in [0.29, 0.717) is 10.3 Å². The first-order valence-electron chi connectivity index (χ1n) is 7.81. The minimum absolute atomic E-state index is 0.0489. The normalized spacial score (nSPS) is 13.8. The quantitative estimate of drug-likeness (QED) is 0.776. The van der Waals surface area contributed by atoms with Crippen LogP contribution in [0.2, 0.25) is 0 Å². The van der Waals surface area contributed by atoms with Crippen molar-refractivity contribution < 1.29 is 13.2 Å². The monoisotopic (exact) mass is 349 g/mol. The molecule has 0 bridgehead atoms. The zero-order valence-electron chi connectivity index (χ0n) is 14.0. The van der Waals surface area contributed by atoms with Crippen molar-refractivity contribution >= 4 is 11.5 Å². The summed E-state index contributed by atoms with van der Waals surface area (Å²) < 4.78 is 39.6. The summed E-state index contributed by atoms with van der Waals surface area (Å²) in [6.45, 7) is 6.10. The molecule has 0 aliphatic carbocycles. The summed E-state index contributed by atoms with van der Waals surface area (Å²) in [6, 6.07) is 12.9. The van der Waals surface area contributed by atoms with Crippen LogP contribution >= 0.6 is 0 Å². The zero-order chi connectivity index (χ0) is 18.2. The van der Waals surface area contributed by atoms with Crippen LogP contribution in [0.3, 0.4) is 0 Å². The van der Waals surface area contributed by atoms with Gasteiger partial charge < -0.3 is 5.32 Å². The highest BCUT2D eigenvalue weighted by Gasteiger charge is 2.37. The third-order valence-electron chi connectivity index (χ3n) is 4.48. The number of anilines is 1. The Kier molecular flexibility index (Phi) is 4.14. The van der Waals surface area contributed by atoms with Gasteiger partial charge in [-0.1, -0.05) is 44.2 Å². The summed E-state index contributed by atoms with van der Waals surface area (Å²) in [7, 11) is 0. The molecule has 1 atom stereocenters. The minimum Gasteiger partial charge on any atom is -0.365 e. The lowest BCUT2D eigenvalue weighted by molar-refractivity contribution is -0.146. The summed E-state index contributed by atoms with van der Waals surface area (Å²) >= 11 is 0. The molecule has 2 aromatic heterocycles. The van der Waals surface area contributed by atoms with Gasteiger partial charge in [0.1, 0.15) is 5.82 Å². The van der Waals surface area contributed by atoms with Crippen LogP contribution in [0.5, 0.6) is 0 Å². The number of nitrogens with one attached hydrogen (secondary N) is 1. The van der Waals surface area contributed by atoms with Gasteiger partial charge in [-0.2, -0.15) is 17.7 Å². The summed E-state index contributed by atoms with van der Waals surface area (Å²) in [4.78, 5) is 0. The van der Waals surface area contributed by atoms with E-state index in [9.17, 15) is 13.2 Å². The Labute approximate surface area is 142 Å². The van der Waals surface area contributed by atoms with Gasteiger partial charge in [0, 0.05) is 11.5 Å². The van der Waals surface area contributed by atoms with Gasteiger partial charge in [-0.3, -0.25) is 0 Å². The number of aromatic nitrogens is 4. The molecule has 3 rings (SSSR count). The molecule has 0 aliphatic heterocycles. The molecule has 1 N–H and O–H groups in total. The van der Waals surface area contributed by atoms with E-state index in [0.717, 1.165) is 5.56 Å². The first-order chi connectivity index (χ1) is 11.7. The molecule has 0 amide bonds. The van der Waals surface area contributed by atoms with Gasteiger partial charge in [0.2, 0.25) is 0 Å². The van der Waals surface area contributed by atoms with E-state index in [4.69, 9.17) is 0 Å². The van der Waals surface area contributed by atoms with Crippen LogP contribution in [0, 0.1) is 0 Å². The van der Waals surface area contributed by atoms with Gasteiger partial charge in [0.05, 0.1) is 0 Å². The van der Waals surface area contributed by atoms with Gasteiger partial charge in [-0.05, 0) is 24.6 Å². The second-order valence-electron chi connectivity index (χ2n) is 6.46. The molecule has 1 aromatic carbocycles. The molecule has 0 saturated carbocycles. The Morgan fingerprint density at radius 3 is 2.32 bits per heavy atom. The molecule has 2 heterocycles. The van der Waals surface area contributed by atoms with Gasteiger partial charge in [0.25, 0.3) is 5.82 Å². The zero-order valence-corrected chi connectivity index (χ0v) is 14.0. The molecule has 0 aliphatic rings. The van der Waals surface area contributed by atoms with Crippen molar-refractivity contribution in [1.29, 1.82) is 0 Å².